The Morgan fingerprint density at radius 1 is 1.00 bits per heavy atom. The summed E-state index contributed by atoms with van der Waals surface area (Å²) >= 11 is 12.9. The van der Waals surface area contributed by atoms with Crippen LogP contribution in [0.25, 0.3) is 0 Å². The number of hydrogen-bond acceptors (Lipinski definition) is 0. The third kappa shape index (κ3) is 5.20. The normalized spacial score (nSPS) is 9.95. The summed E-state index contributed by atoms with van der Waals surface area (Å²) in [5.41, 5.74) is 1.70. The zero-order valence-electron chi connectivity index (χ0n) is 10.4. The van der Waals surface area contributed by atoms with Crippen LogP contribution in [-0.4, -0.2) is 0 Å². The van der Waals surface area contributed by atoms with Gasteiger partial charge in [0.25, 0.3) is 0 Å². The Kier molecular flexibility index (Phi) is 7.87. The molecule has 2 aromatic carbocycles. The van der Waals surface area contributed by atoms with Crippen molar-refractivity contribution in [1.29, 1.82) is 0 Å². The Morgan fingerprint density at radius 2 is 1.65 bits per heavy atom. The van der Waals surface area contributed by atoms with Gasteiger partial charge in [-0.15, -0.1) is 0 Å². The summed E-state index contributed by atoms with van der Waals surface area (Å²) in [4.78, 5) is 0. The van der Waals surface area contributed by atoms with Gasteiger partial charge in [-0.25, -0.2) is 8.78 Å². The summed E-state index contributed by atoms with van der Waals surface area (Å²) < 4.78 is 27.7. The first-order valence-electron chi connectivity index (χ1n) is 5.46. The van der Waals surface area contributed by atoms with Crippen LogP contribution in [0.3, 0.4) is 0 Å². The lowest BCUT2D eigenvalue weighted by atomic mass is 10.2. The zero-order chi connectivity index (χ0) is 15.3. The van der Waals surface area contributed by atoms with Gasteiger partial charge >= 0.3 is 0 Å². The molecule has 2 aromatic rings. The van der Waals surface area contributed by atoms with Crippen molar-refractivity contribution >= 4 is 63.7 Å². The summed E-state index contributed by atoms with van der Waals surface area (Å²) in [5, 5.41) is 0. The number of halogens is 6. The van der Waals surface area contributed by atoms with E-state index in [0.717, 1.165) is 19.0 Å². The molecule has 0 aliphatic heterocycles. The minimum atomic E-state index is -0.389. The van der Waals surface area contributed by atoms with Crippen LogP contribution in [0, 0.1) is 12.7 Å². The molecule has 108 valence electrons. The molecule has 20 heavy (non-hydrogen) atoms. The highest BCUT2D eigenvalue weighted by atomic mass is 79.9. The van der Waals surface area contributed by atoms with E-state index in [4.69, 9.17) is 0 Å². The van der Waals surface area contributed by atoms with E-state index in [9.17, 15) is 8.78 Å². The highest BCUT2D eigenvalue weighted by Crippen LogP contribution is 2.33. The molecular formula is C14H10Br4F2. The van der Waals surface area contributed by atoms with E-state index in [1.54, 1.807) is 12.1 Å². The summed E-state index contributed by atoms with van der Waals surface area (Å²) in [5.74, 6) is -0.269. The van der Waals surface area contributed by atoms with Gasteiger partial charge in [-0.05, 0) is 68.1 Å². The van der Waals surface area contributed by atoms with Crippen molar-refractivity contribution in [2.75, 3.05) is 0 Å². The fraction of sp³-hybridized carbons (Fsp3) is 0.143. The van der Waals surface area contributed by atoms with E-state index in [-0.39, 0.29) is 12.5 Å². The molecule has 0 atom stereocenters. The molecule has 0 heterocycles. The molecule has 0 saturated heterocycles. The summed E-state index contributed by atoms with van der Waals surface area (Å²) in [6, 6.07) is 8.65. The molecule has 0 spiro atoms. The second kappa shape index (κ2) is 8.61. The number of alkyl halides is 1. The lowest BCUT2D eigenvalue weighted by Gasteiger charge is -2.04. The smallest absolute Gasteiger partial charge is 0.139 e. The highest BCUT2D eigenvalue weighted by molar-refractivity contribution is 9.13. The van der Waals surface area contributed by atoms with Gasteiger partial charge in [0.05, 0.1) is 4.47 Å². The van der Waals surface area contributed by atoms with E-state index >= 15 is 0 Å². The molecule has 0 unspecified atom stereocenters. The molecule has 0 bridgehead atoms. The molecule has 2 rings (SSSR count). The molecule has 0 nitrogen and oxygen atoms in total. The predicted octanol–water partition coefficient (Wildman–Crippen LogP) is 7.34. The van der Waals surface area contributed by atoms with Gasteiger partial charge in [0.1, 0.15) is 12.5 Å². The SMILES string of the molecule is Cc1c(Br)cc(F)c(Br)c1Br.FCc1cccc(Br)c1. The van der Waals surface area contributed by atoms with Crippen molar-refractivity contribution in [2.24, 2.45) is 0 Å². The third-order valence-corrected chi connectivity index (χ3v) is 6.00. The first-order valence-corrected chi connectivity index (χ1v) is 8.64. The maximum absolute atomic E-state index is 12.9. The van der Waals surface area contributed by atoms with E-state index in [1.807, 2.05) is 19.1 Å². The molecule has 0 aliphatic carbocycles. The van der Waals surface area contributed by atoms with Gasteiger partial charge in [0.2, 0.25) is 0 Å². The molecule has 6 heteroatoms. The summed E-state index contributed by atoms with van der Waals surface area (Å²) in [6.07, 6.45) is 0. The van der Waals surface area contributed by atoms with Crippen LogP contribution in [0.15, 0.2) is 48.2 Å². The quantitative estimate of drug-likeness (QED) is 0.265. The standard InChI is InChI=1S/C7H4Br3F.C7H6BrF/c1-3-4(8)2-5(11)7(10)6(3)9;8-7-3-1-2-6(4-7)5-9/h2H,1H3;1-4H,5H2. The molecule has 0 aromatic heterocycles. The van der Waals surface area contributed by atoms with Crippen LogP contribution >= 0.6 is 63.7 Å². The topological polar surface area (TPSA) is 0 Å². The van der Waals surface area contributed by atoms with E-state index in [1.165, 1.54) is 6.07 Å². The predicted molar refractivity (Wildman–Crippen MR) is 93.2 cm³/mol. The van der Waals surface area contributed by atoms with Gasteiger partial charge in [-0.3, -0.25) is 0 Å². The van der Waals surface area contributed by atoms with Crippen LogP contribution in [0.1, 0.15) is 11.1 Å². The Morgan fingerprint density at radius 3 is 2.15 bits per heavy atom. The fourth-order valence-corrected chi connectivity index (χ4v) is 3.20. The maximum Gasteiger partial charge on any atom is 0.139 e. The lowest BCUT2D eigenvalue weighted by Crippen LogP contribution is -1.85. The van der Waals surface area contributed by atoms with Crippen LogP contribution < -0.4 is 0 Å². The van der Waals surface area contributed by atoms with Crippen LogP contribution in [0.5, 0.6) is 0 Å². The average Bonchev–Trinajstić information content (AvgIpc) is 2.43. The van der Waals surface area contributed by atoms with E-state index < -0.39 is 0 Å². The summed E-state index contributed by atoms with van der Waals surface area (Å²) in [7, 11) is 0. The van der Waals surface area contributed by atoms with Gasteiger partial charge in [-0.2, -0.15) is 0 Å². The third-order valence-electron chi connectivity index (χ3n) is 2.39. The fourth-order valence-electron chi connectivity index (χ4n) is 1.28. The second-order valence-electron chi connectivity index (χ2n) is 3.86. The van der Waals surface area contributed by atoms with Gasteiger partial charge in [-0.1, -0.05) is 44.0 Å². The first kappa shape index (κ1) is 18.3. The van der Waals surface area contributed by atoms with Gasteiger partial charge < -0.3 is 0 Å². The van der Waals surface area contributed by atoms with E-state index in [0.29, 0.717) is 10.0 Å². The Balaban J connectivity index is 0.000000204. The molecule has 0 aliphatic rings. The number of hydrogen-bond donors (Lipinski definition) is 0. The Labute approximate surface area is 150 Å². The molecule has 0 fully saturated rings. The van der Waals surface area contributed by atoms with Crippen molar-refractivity contribution in [1.82, 2.24) is 0 Å². The first-order chi connectivity index (χ1) is 9.36. The minimum Gasteiger partial charge on any atom is -0.246 e. The molecular weight excluding hydrogens is 526 g/mol. The van der Waals surface area contributed by atoms with Crippen LogP contribution in [0.4, 0.5) is 8.78 Å². The monoisotopic (exact) mass is 532 g/mol. The number of rotatable bonds is 1. The Hall–Kier alpha value is 0.220. The molecule has 0 saturated carbocycles. The van der Waals surface area contributed by atoms with Gasteiger partial charge in [0.15, 0.2) is 0 Å². The summed E-state index contributed by atoms with van der Waals surface area (Å²) in [6.45, 7) is 1.51. The van der Waals surface area contributed by atoms with Crippen molar-refractivity contribution < 1.29 is 8.78 Å². The van der Waals surface area contributed by atoms with Crippen LogP contribution in [0.2, 0.25) is 0 Å². The highest BCUT2D eigenvalue weighted by Gasteiger charge is 2.09. The molecule has 0 radical (unpaired) electrons. The molecule has 0 N–H and O–H groups in total. The van der Waals surface area contributed by atoms with Crippen molar-refractivity contribution in [3.8, 4) is 0 Å². The van der Waals surface area contributed by atoms with Crippen LogP contribution in [-0.2, 0) is 6.67 Å². The van der Waals surface area contributed by atoms with Crippen molar-refractivity contribution in [3.63, 3.8) is 0 Å². The van der Waals surface area contributed by atoms with Crippen molar-refractivity contribution in [2.45, 2.75) is 13.6 Å². The second-order valence-corrected chi connectivity index (χ2v) is 7.21. The zero-order valence-corrected chi connectivity index (χ0v) is 16.7. The maximum atomic E-state index is 12.9. The Bertz CT molecular complexity index is 574. The molecule has 0 amide bonds. The van der Waals surface area contributed by atoms with E-state index in [2.05, 4.69) is 63.7 Å². The average molecular weight is 536 g/mol. The lowest BCUT2D eigenvalue weighted by molar-refractivity contribution is 0.485. The minimum absolute atomic E-state index is 0.269. The number of benzene rings is 2. The largest absolute Gasteiger partial charge is 0.246 e. The van der Waals surface area contributed by atoms with Crippen molar-refractivity contribution in [3.05, 3.63) is 65.2 Å². The van der Waals surface area contributed by atoms with Gasteiger partial charge in [0, 0.05) is 13.4 Å².